The van der Waals surface area contributed by atoms with Crippen molar-refractivity contribution in [3.05, 3.63) is 60.2 Å². The summed E-state index contributed by atoms with van der Waals surface area (Å²) in [6.07, 6.45) is 3.05. The number of fused-ring (bicyclic) bond motifs is 5. The Labute approximate surface area is 179 Å². The van der Waals surface area contributed by atoms with Crippen LogP contribution >= 0.6 is 0 Å². The van der Waals surface area contributed by atoms with Gasteiger partial charge in [0.15, 0.2) is 6.61 Å². The third-order valence-electron chi connectivity index (χ3n) is 6.68. The van der Waals surface area contributed by atoms with Gasteiger partial charge in [0, 0.05) is 5.69 Å². The van der Waals surface area contributed by atoms with E-state index >= 15 is 0 Å². The zero-order valence-electron chi connectivity index (χ0n) is 16.8. The Balaban J connectivity index is 1.21. The van der Waals surface area contributed by atoms with Crippen LogP contribution in [0.3, 0.4) is 0 Å². The zero-order valence-corrected chi connectivity index (χ0v) is 16.8. The van der Waals surface area contributed by atoms with E-state index in [1.54, 1.807) is 36.4 Å². The van der Waals surface area contributed by atoms with Crippen molar-refractivity contribution in [3.8, 4) is 0 Å². The monoisotopic (exact) mass is 418 g/mol. The van der Waals surface area contributed by atoms with Gasteiger partial charge in [0.2, 0.25) is 11.8 Å². The predicted octanol–water partition coefficient (Wildman–Crippen LogP) is 3.02. The van der Waals surface area contributed by atoms with E-state index in [0.717, 1.165) is 19.3 Å². The second-order valence-electron chi connectivity index (χ2n) is 8.43. The fraction of sp³-hybridized carbons (Fsp3) is 0.333. The van der Waals surface area contributed by atoms with Crippen LogP contribution in [0.1, 0.15) is 29.6 Å². The maximum Gasteiger partial charge on any atom is 0.338 e. The second-order valence-corrected chi connectivity index (χ2v) is 8.43. The molecule has 7 nitrogen and oxygen atoms in total. The number of amides is 3. The molecular weight excluding hydrogens is 396 g/mol. The number of esters is 1. The Kier molecular flexibility index (Phi) is 4.81. The molecule has 0 unspecified atom stereocenters. The van der Waals surface area contributed by atoms with Crippen LogP contribution in [0.25, 0.3) is 0 Å². The summed E-state index contributed by atoms with van der Waals surface area (Å²) in [6, 6.07) is 15.1. The smallest absolute Gasteiger partial charge is 0.338 e. The molecule has 31 heavy (non-hydrogen) atoms. The minimum atomic E-state index is -0.649. The quantitative estimate of drug-likeness (QED) is 0.595. The Bertz CT molecular complexity index is 1020. The highest BCUT2D eigenvalue weighted by atomic mass is 16.5. The van der Waals surface area contributed by atoms with Crippen molar-refractivity contribution in [3.63, 3.8) is 0 Å². The lowest BCUT2D eigenvalue weighted by molar-refractivity contribution is -0.123. The van der Waals surface area contributed by atoms with Crippen molar-refractivity contribution in [2.75, 3.05) is 16.8 Å². The number of rotatable bonds is 5. The molecule has 2 bridgehead atoms. The molecule has 4 atom stereocenters. The van der Waals surface area contributed by atoms with E-state index in [4.69, 9.17) is 4.74 Å². The van der Waals surface area contributed by atoms with Crippen LogP contribution in [0.15, 0.2) is 54.6 Å². The fourth-order valence-corrected chi connectivity index (χ4v) is 5.34. The van der Waals surface area contributed by atoms with E-state index in [9.17, 15) is 19.2 Å². The third kappa shape index (κ3) is 3.40. The molecule has 7 heteroatoms. The molecule has 3 fully saturated rings. The molecule has 1 aliphatic heterocycles. The summed E-state index contributed by atoms with van der Waals surface area (Å²) >= 11 is 0. The Hall–Kier alpha value is -3.48. The number of benzene rings is 2. The maximum absolute atomic E-state index is 12.9. The SMILES string of the molecule is O=C(COC(=O)c1ccc(N2C(=O)[C@@H]3[C@H]4CC[C@@H](C4)[C@H]3C2=O)cc1)Nc1ccccc1. The number of imide groups is 1. The molecular formula is C24H22N2O5. The molecule has 158 valence electrons. The van der Waals surface area contributed by atoms with Crippen LogP contribution in [0.4, 0.5) is 11.4 Å². The number of hydrogen-bond donors (Lipinski definition) is 1. The summed E-state index contributed by atoms with van der Waals surface area (Å²) < 4.78 is 5.07. The van der Waals surface area contributed by atoms with Gasteiger partial charge in [-0.05, 0) is 67.5 Å². The lowest BCUT2D eigenvalue weighted by atomic mass is 9.81. The van der Waals surface area contributed by atoms with Gasteiger partial charge in [-0.15, -0.1) is 0 Å². The molecule has 3 amide bonds. The average molecular weight is 418 g/mol. The molecule has 0 aromatic heterocycles. The molecule has 2 aromatic rings. The normalized spacial score (nSPS) is 26.1. The van der Waals surface area contributed by atoms with Gasteiger partial charge < -0.3 is 10.1 Å². The van der Waals surface area contributed by atoms with Gasteiger partial charge in [-0.2, -0.15) is 0 Å². The molecule has 0 spiro atoms. The van der Waals surface area contributed by atoms with Gasteiger partial charge in [-0.25, -0.2) is 4.79 Å². The number of anilines is 2. The minimum absolute atomic E-state index is 0.116. The summed E-state index contributed by atoms with van der Waals surface area (Å²) in [5, 5.41) is 2.64. The Morgan fingerprint density at radius 1 is 0.903 bits per heavy atom. The molecule has 2 saturated carbocycles. The van der Waals surface area contributed by atoms with Crippen LogP contribution < -0.4 is 10.2 Å². The molecule has 5 rings (SSSR count). The van der Waals surface area contributed by atoms with Gasteiger partial charge in [0.25, 0.3) is 5.91 Å². The first kappa shape index (κ1) is 19.5. The van der Waals surface area contributed by atoms with Crippen LogP contribution in [-0.4, -0.2) is 30.3 Å². The number of carbonyl (C=O) groups is 4. The van der Waals surface area contributed by atoms with E-state index in [2.05, 4.69) is 5.32 Å². The van der Waals surface area contributed by atoms with Crippen LogP contribution in [0, 0.1) is 23.7 Å². The number of hydrogen-bond acceptors (Lipinski definition) is 5. The molecule has 1 N–H and O–H groups in total. The van der Waals surface area contributed by atoms with E-state index in [1.807, 2.05) is 6.07 Å². The summed E-state index contributed by atoms with van der Waals surface area (Å²) in [5.41, 5.74) is 1.34. The molecule has 2 aromatic carbocycles. The maximum atomic E-state index is 12.9. The van der Waals surface area contributed by atoms with Crippen molar-refractivity contribution in [2.24, 2.45) is 23.7 Å². The van der Waals surface area contributed by atoms with Gasteiger partial charge in [-0.1, -0.05) is 18.2 Å². The minimum Gasteiger partial charge on any atom is -0.452 e. The van der Waals surface area contributed by atoms with E-state index in [1.165, 1.54) is 17.0 Å². The number of para-hydroxylation sites is 1. The van der Waals surface area contributed by atoms with Crippen molar-refractivity contribution in [2.45, 2.75) is 19.3 Å². The van der Waals surface area contributed by atoms with Crippen molar-refractivity contribution in [1.82, 2.24) is 0 Å². The van der Waals surface area contributed by atoms with E-state index < -0.39 is 18.5 Å². The topological polar surface area (TPSA) is 92.8 Å². The van der Waals surface area contributed by atoms with Gasteiger partial charge in [0.05, 0.1) is 23.1 Å². The summed E-state index contributed by atoms with van der Waals surface area (Å²) in [4.78, 5) is 51.3. The predicted molar refractivity (Wildman–Crippen MR) is 112 cm³/mol. The van der Waals surface area contributed by atoms with Crippen LogP contribution in [0.2, 0.25) is 0 Å². The second kappa shape index (κ2) is 7.65. The number of nitrogens with zero attached hydrogens (tertiary/aromatic N) is 1. The lowest BCUT2D eigenvalue weighted by Gasteiger charge is -2.19. The Morgan fingerprint density at radius 3 is 2.13 bits per heavy atom. The summed E-state index contributed by atoms with van der Waals surface area (Å²) in [7, 11) is 0. The molecule has 0 radical (unpaired) electrons. The highest BCUT2D eigenvalue weighted by molar-refractivity contribution is 6.22. The number of nitrogens with one attached hydrogen (secondary N) is 1. The molecule has 1 heterocycles. The molecule has 3 aliphatic rings. The lowest BCUT2D eigenvalue weighted by Crippen LogP contribution is -2.32. The number of ether oxygens (including phenoxy) is 1. The van der Waals surface area contributed by atoms with Crippen molar-refractivity contribution in [1.29, 1.82) is 0 Å². The fourth-order valence-electron chi connectivity index (χ4n) is 5.34. The van der Waals surface area contributed by atoms with Gasteiger partial charge >= 0.3 is 5.97 Å². The molecule has 1 saturated heterocycles. The van der Waals surface area contributed by atoms with Crippen molar-refractivity contribution >= 4 is 35.1 Å². The highest BCUT2D eigenvalue weighted by Crippen LogP contribution is 2.56. The standard InChI is InChI=1S/C24H22N2O5/c27-19(25-17-4-2-1-3-5-17)13-31-24(30)14-8-10-18(11-9-14)26-22(28)20-15-6-7-16(12-15)21(20)23(26)29/h1-5,8-11,15-16,20-21H,6-7,12-13H2,(H,25,27)/t15-,16-,20+,21+/m0/s1. The van der Waals surface area contributed by atoms with Crippen LogP contribution in [0.5, 0.6) is 0 Å². The van der Waals surface area contributed by atoms with Crippen molar-refractivity contribution < 1.29 is 23.9 Å². The average Bonchev–Trinajstić information content (AvgIpc) is 3.47. The number of carbonyl (C=O) groups excluding carboxylic acids is 4. The molecule has 2 aliphatic carbocycles. The first-order valence-corrected chi connectivity index (χ1v) is 10.5. The first-order valence-electron chi connectivity index (χ1n) is 10.5. The Morgan fingerprint density at radius 2 is 1.52 bits per heavy atom. The van der Waals surface area contributed by atoms with Crippen LogP contribution in [-0.2, 0) is 19.1 Å². The zero-order chi connectivity index (χ0) is 21.5. The van der Waals surface area contributed by atoms with Gasteiger partial charge in [0.1, 0.15) is 0 Å². The van der Waals surface area contributed by atoms with Gasteiger partial charge in [-0.3, -0.25) is 19.3 Å². The van der Waals surface area contributed by atoms with E-state index in [-0.39, 0.29) is 29.2 Å². The highest BCUT2D eigenvalue weighted by Gasteiger charge is 2.61. The largest absolute Gasteiger partial charge is 0.452 e. The summed E-state index contributed by atoms with van der Waals surface area (Å²) in [6.45, 7) is -0.412. The summed E-state index contributed by atoms with van der Waals surface area (Å²) in [5.74, 6) is -1.03. The third-order valence-corrected chi connectivity index (χ3v) is 6.68. The van der Waals surface area contributed by atoms with E-state index in [0.29, 0.717) is 23.2 Å². The first-order chi connectivity index (χ1) is 15.0.